The highest BCUT2D eigenvalue weighted by atomic mass is 35.7. The molecule has 10 nitrogen and oxygen atoms in total. The average Bonchev–Trinajstić information content (AvgIpc) is 2.70. The van der Waals surface area contributed by atoms with Crippen molar-refractivity contribution in [1.29, 1.82) is 0 Å². The highest BCUT2D eigenvalue weighted by Crippen LogP contribution is 2.31. The predicted octanol–water partition coefficient (Wildman–Crippen LogP) is 3.42. The fourth-order valence-electron chi connectivity index (χ4n) is 3.61. The Kier molecular flexibility index (Phi) is 9.53. The number of carbonyl (C=O) groups is 4. The molecular weight excluding hydrogens is 522 g/mol. The number of anilines is 1. The van der Waals surface area contributed by atoms with Crippen molar-refractivity contribution in [1.82, 2.24) is 10.2 Å². The fourth-order valence-corrected chi connectivity index (χ4v) is 4.98. The summed E-state index contributed by atoms with van der Waals surface area (Å²) in [7, 11) is 3.76. The van der Waals surface area contributed by atoms with Crippen LogP contribution in [0.1, 0.15) is 54.0 Å². The summed E-state index contributed by atoms with van der Waals surface area (Å²) in [6, 6.07) is 4.18. The number of β-lactam (4-membered cyclic amide) rings is 1. The van der Waals surface area contributed by atoms with Gasteiger partial charge in [0.05, 0.1) is 6.42 Å². The van der Waals surface area contributed by atoms with E-state index in [1.807, 2.05) is 0 Å². The zero-order valence-electron chi connectivity index (χ0n) is 22.0. The Labute approximate surface area is 224 Å². The van der Waals surface area contributed by atoms with E-state index in [4.69, 9.17) is 20.2 Å². The summed E-state index contributed by atoms with van der Waals surface area (Å²) in [4.78, 5) is 51.9. The van der Waals surface area contributed by atoms with Gasteiger partial charge in [0, 0.05) is 5.69 Å². The number of hydrogen-bond acceptors (Lipinski definition) is 7. The van der Waals surface area contributed by atoms with Gasteiger partial charge in [-0.1, -0.05) is 24.8 Å². The molecule has 1 aliphatic rings. The van der Waals surface area contributed by atoms with E-state index in [0.717, 1.165) is 4.90 Å². The van der Waals surface area contributed by atoms with E-state index in [9.17, 15) is 23.4 Å². The summed E-state index contributed by atoms with van der Waals surface area (Å²) in [5.41, 5.74) is -0.422. The van der Waals surface area contributed by atoms with Crippen LogP contribution in [0, 0.1) is 0 Å². The fraction of sp³-hybridized carbons (Fsp3) is 0.520. The lowest BCUT2D eigenvalue weighted by Gasteiger charge is -2.48. The molecule has 1 aliphatic heterocycles. The molecule has 2 N–H and O–H groups in total. The van der Waals surface area contributed by atoms with Crippen molar-refractivity contribution in [2.24, 2.45) is 0 Å². The van der Waals surface area contributed by atoms with E-state index in [-0.39, 0.29) is 6.42 Å². The van der Waals surface area contributed by atoms with Crippen molar-refractivity contribution < 1.29 is 32.9 Å². The number of benzene rings is 1. The number of amides is 3. The van der Waals surface area contributed by atoms with E-state index in [1.54, 1.807) is 65.8 Å². The minimum Gasteiger partial charge on any atom is -0.458 e. The van der Waals surface area contributed by atoms with Crippen molar-refractivity contribution in [2.75, 3.05) is 5.32 Å². The van der Waals surface area contributed by atoms with Gasteiger partial charge in [-0.25, -0.2) is 13.8 Å². The first kappa shape index (κ1) is 30.3. The van der Waals surface area contributed by atoms with Crippen molar-refractivity contribution >= 4 is 50.3 Å². The van der Waals surface area contributed by atoms with Crippen LogP contribution in [0.4, 0.5) is 10.5 Å². The molecular formula is C25H34ClN3O7S. The zero-order valence-corrected chi connectivity index (χ0v) is 23.6. The standard InChI is InChI=1S/C25H34ClN3O7S/c1-14(2)19(22(32)35-24(3,4)5)29-20(31)18(21(29)37(26)34)28-17(30)13-15-11-9-10-12-16(15)27-23(33)36-25(6,7)8/h9-12,18-19,21H,1,13H2,2-8H3,(H,27,33)(H,28,30). The molecule has 4 atom stereocenters. The van der Waals surface area contributed by atoms with Gasteiger partial charge < -0.3 is 19.7 Å². The number of hydrogen-bond donors (Lipinski definition) is 2. The Balaban J connectivity index is 2.17. The maximum atomic E-state index is 13.0. The molecule has 204 valence electrons. The minimum absolute atomic E-state index is 0.201. The predicted molar refractivity (Wildman–Crippen MR) is 141 cm³/mol. The average molecular weight is 556 g/mol. The number of ether oxygens (including phenoxy) is 2. The third-order valence-electron chi connectivity index (χ3n) is 4.97. The van der Waals surface area contributed by atoms with Gasteiger partial charge in [-0.05, 0) is 76.4 Å². The molecule has 1 aromatic rings. The molecule has 2 rings (SSSR count). The molecule has 0 aromatic heterocycles. The Morgan fingerprint density at radius 2 is 1.68 bits per heavy atom. The van der Waals surface area contributed by atoms with E-state index in [0.29, 0.717) is 16.8 Å². The normalized spacial score (nSPS) is 19.2. The Morgan fingerprint density at radius 3 is 2.19 bits per heavy atom. The van der Waals surface area contributed by atoms with Crippen molar-refractivity contribution in [3.8, 4) is 0 Å². The Morgan fingerprint density at radius 1 is 1.11 bits per heavy atom. The van der Waals surface area contributed by atoms with Gasteiger partial charge in [0.2, 0.25) is 11.8 Å². The number of nitrogens with zero attached hydrogens (tertiary/aromatic N) is 1. The van der Waals surface area contributed by atoms with Crippen molar-refractivity contribution in [3.05, 3.63) is 42.0 Å². The van der Waals surface area contributed by atoms with Crippen LogP contribution in [-0.4, -0.2) is 61.6 Å². The second kappa shape index (κ2) is 11.6. The molecule has 12 heteroatoms. The second-order valence-electron chi connectivity index (χ2n) is 10.7. The number of nitrogens with one attached hydrogen (secondary N) is 2. The van der Waals surface area contributed by atoms with Crippen LogP contribution < -0.4 is 10.6 Å². The molecule has 1 fully saturated rings. The lowest BCUT2D eigenvalue weighted by atomic mass is 9.98. The first-order valence-corrected chi connectivity index (χ1v) is 13.6. The summed E-state index contributed by atoms with van der Waals surface area (Å²) in [6.07, 6.45) is -0.886. The number of likely N-dealkylation sites (tertiary alicyclic amines) is 1. The molecule has 0 aliphatic carbocycles. The quantitative estimate of drug-likeness (QED) is 0.217. The lowest BCUT2D eigenvalue weighted by Crippen LogP contribution is -2.75. The molecule has 0 saturated carbocycles. The summed E-state index contributed by atoms with van der Waals surface area (Å²) in [6.45, 7) is 15.5. The number of para-hydroxylation sites is 1. The van der Waals surface area contributed by atoms with Gasteiger partial charge in [0.25, 0.3) is 0 Å². The Hall–Kier alpha value is -2.92. The molecule has 0 bridgehead atoms. The second-order valence-corrected chi connectivity index (χ2v) is 12.6. The maximum absolute atomic E-state index is 13.0. The number of rotatable bonds is 8. The van der Waals surface area contributed by atoms with Gasteiger partial charge >= 0.3 is 12.1 Å². The topological polar surface area (TPSA) is 131 Å². The van der Waals surface area contributed by atoms with Gasteiger partial charge in [-0.3, -0.25) is 14.9 Å². The first-order valence-electron chi connectivity index (χ1n) is 11.6. The van der Waals surface area contributed by atoms with Gasteiger partial charge in [0.15, 0.2) is 11.4 Å². The largest absolute Gasteiger partial charge is 0.458 e. The van der Waals surface area contributed by atoms with Crippen LogP contribution >= 0.6 is 10.7 Å². The molecule has 3 amide bonds. The Bertz CT molecular complexity index is 1110. The van der Waals surface area contributed by atoms with E-state index < -0.39 is 62.5 Å². The van der Waals surface area contributed by atoms with Crippen LogP contribution in [0.2, 0.25) is 0 Å². The number of halogens is 1. The van der Waals surface area contributed by atoms with Crippen LogP contribution in [0.25, 0.3) is 0 Å². The van der Waals surface area contributed by atoms with Crippen molar-refractivity contribution in [3.63, 3.8) is 0 Å². The van der Waals surface area contributed by atoms with Crippen molar-refractivity contribution in [2.45, 2.75) is 83.5 Å². The van der Waals surface area contributed by atoms with E-state index >= 15 is 0 Å². The molecule has 1 heterocycles. The summed E-state index contributed by atoms with van der Waals surface area (Å²) in [5, 5.41) is 3.97. The third-order valence-corrected chi connectivity index (χ3v) is 6.39. The molecule has 1 aromatic carbocycles. The van der Waals surface area contributed by atoms with Gasteiger partial charge in [-0.15, -0.1) is 0 Å². The van der Waals surface area contributed by atoms with E-state index in [1.165, 1.54) is 6.92 Å². The van der Waals surface area contributed by atoms with Gasteiger partial charge in [0.1, 0.15) is 27.3 Å². The summed E-state index contributed by atoms with van der Waals surface area (Å²) < 4.78 is 23.0. The molecule has 4 unspecified atom stereocenters. The monoisotopic (exact) mass is 555 g/mol. The first-order chi connectivity index (χ1) is 16.9. The third kappa shape index (κ3) is 8.29. The lowest BCUT2D eigenvalue weighted by molar-refractivity contribution is -0.169. The summed E-state index contributed by atoms with van der Waals surface area (Å²) in [5.74, 6) is -1.97. The number of carbonyl (C=O) groups excluding carboxylic acids is 4. The van der Waals surface area contributed by atoms with Gasteiger partial charge in [-0.2, -0.15) is 0 Å². The summed E-state index contributed by atoms with van der Waals surface area (Å²) >= 11 is 0. The highest BCUT2D eigenvalue weighted by molar-refractivity contribution is 8.08. The smallest absolute Gasteiger partial charge is 0.412 e. The minimum atomic E-state index is -2.13. The van der Waals surface area contributed by atoms with Crippen LogP contribution in [0.3, 0.4) is 0 Å². The van der Waals surface area contributed by atoms with Crippen LogP contribution in [0.5, 0.6) is 0 Å². The molecule has 0 spiro atoms. The number of esters is 1. The zero-order chi connectivity index (χ0) is 28.3. The highest BCUT2D eigenvalue weighted by Gasteiger charge is 2.56. The maximum Gasteiger partial charge on any atom is 0.412 e. The molecule has 37 heavy (non-hydrogen) atoms. The van der Waals surface area contributed by atoms with Crippen LogP contribution in [-0.2, 0) is 40.3 Å². The molecule has 0 radical (unpaired) electrons. The van der Waals surface area contributed by atoms with Crippen LogP contribution in [0.15, 0.2) is 36.4 Å². The van der Waals surface area contributed by atoms with E-state index in [2.05, 4.69) is 17.2 Å². The molecule has 1 saturated heterocycles. The SMILES string of the molecule is C=C(C)C(C(=O)OC(C)(C)C)N1C(=O)C(NC(=O)Cc2ccccc2NC(=O)OC(C)(C)C)C1S(=O)Cl.